The highest BCUT2D eigenvalue weighted by molar-refractivity contribution is 5.94. The Hall–Kier alpha value is -1.51. The molecule has 2 aliphatic rings. The van der Waals surface area contributed by atoms with Crippen molar-refractivity contribution >= 4 is 17.1 Å². The smallest absolute Gasteiger partial charge is 0.196 e. The molecule has 0 saturated heterocycles. The van der Waals surface area contributed by atoms with Crippen molar-refractivity contribution in [2.75, 3.05) is 7.05 Å². The van der Waals surface area contributed by atoms with E-state index >= 15 is 0 Å². The van der Waals surface area contributed by atoms with Gasteiger partial charge in [0.15, 0.2) is 13.6 Å². The fourth-order valence-corrected chi connectivity index (χ4v) is 2.72. The van der Waals surface area contributed by atoms with Crippen LogP contribution in [0.1, 0.15) is 29.2 Å². The molecule has 16 heavy (non-hydrogen) atoms. The highest BCUT2D eigenvalue weighted by Crippen LogP contribution is 2.43. The van der Waals surface area contributed by atoms with Crippen LogP contribution in [0.4, 0.5) is 11.4 Å². The fourth-order valence-electron chi connectivity index (χ4n) is 2.72. The summed E-state index contributed by atoms with van der Waals surface area (Å²) in [5, 5.41) is 4.58. The topological polar surface area (TPSA) is 27.7 Å². The van der Waals surface area contributed by atoms with Crippen LogP contribution in [0.15, 0.2) is 10.1 Å². The molecule has 0 bridgehead atoms. The molecular formula is C13H16N3+. The Morgan fingerprint density at radius 1 is 1.00 bits per heavy atom. The minimum atomic E-state index is 0.939. The highest BCUT2D eigenvalue weighted by atomic mass is 15.3. The number of fused-ring (bicyclic) bond motifs is 2. The number of hydrogen-bond acceptors (Lipinski definition) is 2. The zero-order chi connectivity index (χ0) is 11.4. The SMILES string of the molecule is CC1=Nc2c(C)c3c(c(C)c2C1)C[N+](C)=N3. The zero-order valence-corrected chi connectivity index (χ0v) is 10.3. The van der Waals surface area contributed by atoms with Crippen molar-refractivity contribution in [1.82, 2.24) is 0 Å². The summed E-state index contributed by atoms with van der Waals surface area (Å²) in [5.41, 5.74) is 8.99. The summed E-state index contributed by atoms with van der Waals surface area (Å²) in [4.78, 5) is 4.65. The molecule has 1 aromatic carbocycles. The summed E-state index contributed by atoms with van der Waals surface area (Å²) in [5.74, 6) is 0. The van der Waals surface area contributed by atoms with Gasteiger partial charge in [0.05, 0.1) is 11.3 Å². The number of azo groups is 2. The van der Waals surface area contributed by atoms with Crippen molar-refractivity contribution in [3.05, 3.63) is 22.3 Å². The maximum Gasteiger partial charge on any atom is 0.196 e. The van der Waals surface area contributed by atoms with Gasteiger partial charge < -0.3 is 0 Å². The van der Waals surface area contributed by atoms with Gasteiger partial charge in [-0.3, -0.25) is 4.99 Å². The molecule has 0 aliphatic carbocycles. The van der Waals surface area contributed by atoms with Crippen LogP contribution < -0.4 is 0 Å². The van der Waals surface area contributed by atoms with E-state index < -0.39 is 0 Å². The second-order valence-electron chi connectivity index (χ2n) is 4.84. The molecule has 0 N–H and O–H groups in total. The molecule has 0 saturated carbocycles. The Morgan fingerprint density at radius 2 is 1.75 bits per heavy atom. The molecule has 0 spiro atoms. The molecule has 3 nitrogen and oxygen atoms in total. The predicted molar refractivity (Wildman–Crippen MR) is 64.4 cm³/mol. The average molecular weight is 214 g/mol. The molecule has 1 aromatic rings. The van der Waals surface area contributed by atoms with E-state index in [2.05, 4.69) is 30.9 Å². The summed E-state index contributed by atoms with van der Waals surface area (Å²) in [7, 11) is 2.03. The molecule has 82 valence electrons. The van der Waals surface area contributed by atoms with E-state index in [1.807, 2.05) is 11.7 Å². The van der Waals surface area contributed by atoms with Crippen molar-refractivity contribution in [3.8, 4) is 0 Å². The van der Waals surface area contributed by atoms with E-state index in [-0.39, 0.29) is 0 Å². The minimum absolute atomic E-state index is 0.939. The first-order valence-electron chi connectivity index (χ1n) is 5.69. The fraction of sp³-hybridized carbons (Fsp3) is 0.462. The van der Waals surface area contributed by atoms with Gasteiger partial charge in [-0.15, -0.1) is 4.70 Å². The standard InChI is InChI=1S/C13H16N3/c1-7-5-10-8(2)11-6-16(4)15-13(11)9(3)12(10)14-7/h5-6H2,1-4H3/q+1. The van der Waals surface area contributed by atoms with E-state index in [4.69, 9.17) is 0 Å². The van der Waals surface area contributed by atoms with Crippen LogP contribution in [0.25, 0.3) is 0 Å². The summed E-state index contributed by atoms with van der Waals surface area (Å²) in [6.07, 6.45) is 1.01. The van der Waals surface area contributed by atoms with Gasteiger partial charge in [0.2, 0.25) is 0 Å². The monoisotopic (exact) mass is 214 g/mol. The van der Waals surface area contributed by atoms with Crippen LogP contribution in [0.2, 0.25) is 0 Å². The lowest BCUT2D eigenvalue weighted by Crippen LogP contribution is -2.00. The summed E-state index contributed by atoms with van der Waals surface area (Å²) >= 11 is 0. The number of hydrogen-bond donors (Lipinski definition) is 0. The second-order valence-corrected chi connectivity index (χ2v) is 4.84. The van der Waals surface area contributed by atoms with E-state index in [0.717, 1.165) is 18.7 Å². The molecule has 0 radical (unpaired) electrons. The molecule has 0 aromatic heterocycles. The first kappa shape index (κ1) is 9.70. The lowest BCUT2D eigenvalue weighted by molar-refractivity contribution is -0.570. The zero-order valence-electron chi connectivity index (χ0n) is 10.3. The number of aliphatic imine (C=N–C) groups is 1. The lowest BCUT2D eigenvalue weighted by atomic mass is 9.94. The average Bonchev–Trinajstić information content (AvgIpc) is 2.78. The molecule has 0 atom stereocenters. The molecule has 0 amide bonds. The first-order chi connectivity index (χ1) is 7.58. The molecular weight excluding hydrogens is 198 g/mol. The Balaban J connectivity index is 2.33. The van der Waals surface area contributed by atoms with Gasteiger partial charge in [-0.25, -0.2) is 0 Å². The van der Waals surface area contributed by atoms with Gasteiger partial charge in [-0.2, -0.15) is 0 Å². The second kappa shape index (κ2) is 3.00. The van der Waals surface area contributed by atoms with Crippen molar-refractivity contribution in [1.29, 1.82) is 0 Å². The van der Waals surface area contributed by atoms with E-state index in [0.29, 0.717) is 0 Å². The maximum absolute atomic E-state index is 4.65. The van der Waals surface area contributed by atoms with E-state index in [1.165, 1.54) is 33.7 Å². The normalized spacial score (nSPS) is 17.0. The molecule has 3 rings (SSSR count). The van der Waals surface area contributed by atoms with Crippen molar-refractivity contribution < 1.29 is 4.70 Å². The van der Waals surface area contributed by atoms with Crippen molar-refractivity contribution in [2.24, 2.45) is 10.1 Å². The van der Waals surface area contributed by atoms with Crippen LogP contribution in [-0.2, 0) is 13.0 Å². The Labute approximate surface area is 95.5 Å². The minimum Gasteiger partial charge on any atom is -0.257 e. The third-order valence-electron chi connectivity index (χ3n) is 3.58. The highest BCUT2D eigenvalue weighted by Gasteiger charge is 2.29. The molecule has 3 heteroatoms. The molecule has 0 fully saturated rings. The largest absolute Gasteiger partial charge is 0.257 e. The van der Waals surface area contributed by atoms with Gasteiger partial charge in [0, 0.05) is 17.7 Å². The van der Waals surface area contributed by atoms with Crippen LogP contribution in [-0.4, -0.2) is 17.5 Å². The predicted octanol–water partition coefficient (Wildman–Crippen LogP) is 3.19. The number of benzene rings is 1. The van der Waals surface area contributed by atoms with Gasteiger partial charge in [-0.1, -0.05) is 0 Å². The summed E-state index contributed by atoms with van der Waals surface area (Å²) < 4.78 is 2.01. The number of rotatable bonds is 0. The summed E-state index contributed by atoms with van der Waals surface area (Å²) in [6, 6.07) is 0. The molecule has 2 heterocycles. The lowest BCUT2D eigenvalue weighted by Gasteiger charge is -2.09. The van der Waals surface area contributed by atoms with Crippen LogP contribution in [0.3, 0.4) is 0 Å². The van der Waals surface area contributed by atoms with Gasteiger partial charge in [0.1, 0.15) is 5.69 Å². The third kappa shape index (κ3) is 1.11. The van der Waals surface area contributed by atoms with Crippen molar-refractivity contribution in [3.63, 3.8) is 0 Å². The van der Waals surface area contributed by atoms with Gasteiger partial charge in [-0.05, 0) is 37.0 Å². The Bertz CT molecular complexity index is 518. The Kier molecular flexibility index (Phi) is 1.82. The van der Waals surface area contributed by atoms with Gasteiger partial charge >= 0.3 is 0 Å². The summed E-state index contributed by atoms with van der Waals surface area (Å²) in [6.45, 7) is 7.39. The van der Waals surface area contributed by atoms with Crippen molar-refractivity contribution in [2.45, 2.75) is 33.7 Å². The van der Waals surface area contributed by atoms with Crippen LogP contribution >= 0.6 is 0 Å². The van der Waals surface area contributed by atoms with Crippen LogP contribution in [0.5, 0.6) is 0 Å². The quantitative estimate of drug-likeness (QED) is 0.593. The number of nitrogens with zero attached hydrogens (tertiary/aromatic N) is 3. The maximum atomic E-state index is 4.65. The van der Waals surface area contributed by atoms with E-state index in [1.54, 1.807) is 0 Å². The third-order valence-corrected chi connectivity index (χ3v) is 3.58. The van der Waals surface area contributed by atoms with Gasteiger partial charge in [0.25, 0.3) is 0 Å². The van der Waals surface area contributed by atoms with Crippen LogP contribution in [0, 0.1) is 13.8 Å². The molecule has 0 unspecified atom stereocenters. The van der Waals surface area contributed by atoms with E-state index in [9.17, 15) is 0 Å². The first-order valence-corrected chi connectivity index (χ1v) is 5.69. The molecule has 2 aliphatic heterocycles. The Morgan fingerprint density at radius 3 is 2.50 bits per heavy atom.